The monoisotopic (exact) mass is 371 g/mol. The summed E-state index contributed by atoms with van der Waals surface area (Å²) >= 11 is 1.57. The lowest BCUT2D eigenvalue weighted by Gasteiger charge is -2.32. The lowest BCUT2D eigenvalue weighted by molar-refractivity contribution is -0.142. The number of nitrogens with zero attached hydrogens (tertiary/aromatic N) is 2. The maximum absolute atomic E-state index is 11.7. The second-order valence-electron chi connectivity index (χ2n) is 7.51. The van der Waals surface area contributed by atoms with Crippen LogP contribution in [0.1, 0.15) is 43.4 Å². The lowest BCUT2D eigenvalue weighted by Crippen LogP contribution is -2.41. The smallest absolute Gasteiger partial charge is 0.320 e. The zero-order valence-electron chi connectivity index (χ0n) is 15.0. The summed E-state index contributed by atoms with van der Waals surface area (Å²) in [6.07, 6.45) is 5.53. The fourth-order valence-electron chi connectivity index (χ4n) is 4.41. The molecule has 1 aromatic heterocycles. The van der Waals surface area contributed by atoms with E-state index >= 15 is 0 Å². The molecule has 1 saturated heterocycles. The van der Waals surface area contributed by atoms with Crippen LogP contribution < -0.4 is 5.32 Å². The van der Waals surface area contributed by atoms with E-state index in [1.165, 1.54) is 24.8 Å². The van der Waals surface area contributed by atoms with Crippen molar-refractivity contribution < 1.29 is 9.90 Å². The molecule has 2 fully saturated rings. The average Bonchev–Trinajstić information content (AvgIpc) is 3.22. The van der Waals surface area contributed by atoms with Crippen LogP contribution in [0.4, 0.5) is 10.8 Å². The summed E-state index contributed by atoms with van der Waals surface area (Å²) in [4.78, 5) is 18.6. The highest BCUT2D eigenvalue weighted by Gasteiger charge is 2.45. The first-order valence-electron chi connectivity index (χ1n) is 9.37. The summed E-state index contributed by atoms with van der Waals surface area (Å²) in [6.45, 7) is 2.70. The predicted octanol–water partition coefficient (Wildman–Crippen LogP) is 4.41. The third kappa shape index (κ3) is 3.62. The number of hydrogen-bond donors (Lipinski definition) is 2. The van der Waals surface area contributed by atoms with Gasteiger partial charge in [0.15, 0.2) is 5.13 Å². The van der Waals surface area contributed by atoms with E-state index in [9.17, 15) is 9.90 Å². The molecular formula is C20H25N3O2S. The van der Waals surface area contributed by atoms with Gasteiger partial charge in [0.05, 0.1) is 5.69 Å². The molecule has 2 aliphatic rings. The van der Waals surface area contributed by atoms with E-state index in [0.29, 0.717) is 18.5 Å². The number of thiazole rings is 1. The van der Waals surface area contributed by atoms with Crippen LogP contribution in [0.2, 0.25) is 0 Å². The Bertz CT molecular complexity index is 774. The Kier molecular flexibility index (Phi) is 4.96. The molecule has 26 heavy (non-hydrogen) atoms. The van der Waals surface area contributed by atoms with E-state index in [1.54, 1.807) is 11.3 Å². The van der Waals surface area contributed by atoms with Gasteiger partial charge in [-0.05, 0) is 44.2 Å². The van der Waals surface area contributed by atoms with Crippen molar-refractivity contribution in [3.8, 4) is 0 Å². The maximum atomic E-state index is 11.7. The van der Waals surface area contributed by atoms with Crippen LogP contribution in [0.5, 0.6) is 0 Å². The zero-order valence-corrected chi connectivity index (χ0v) is 15.8. The van der Waals surface area contributed by atoms with E-state index in [1.807, 2.05) is 17.5 Å². The first-order chi connectivity index (χ1) is 12.6. The molecule has 5 nitrogen and oxygen atoms in total. The van der Waals surface area contributed by atoms with E-state index in [2.05, 4.69) is 29.3 Å². The first kappa shape index (κ1) is 17.5. The minimum Gasteiger partial charge on any atom is -0.480 e. The summed E-state index contributed by atoms with van der Waals surface area (Å²) in [5, 5.41) is 15.9. The number of hydrogen-bond acceptors (Lipinski definition) is 5. The number of likely N-dealkylation sites (tertiary alicyclic amines) is 1. The number of aromatic nitrogens is 1. The number of aliphatic carboxylic acids is 1. The number of nitrogens with one attached hydrogen (secondary N) is 1. The van der Waals surface area contributed by atoms with E-state index < -0.39 is 5.97 Å². The van der Waals surface area contributed by atoms with Gasteiger partial charge in [0.2, 0.25) is 0 Å². The van der Waals surface area contributed by atoms with Gasteiger partial charge < -0.3 is 10.4 Å². The third-order valence-corrected chi connectivity index (χ3v) is 6.51. The molecule has 0 bridgehead atoms. The Morgan fingerprint density at radius 2 is 2.08 bits per heavy atom. The fraction of sp³-hybridized carbons (Fsp3) is 0.500. The number of carboxylic acid groups (broad SMARTS) is 1. The van der Waals surface area contributed by atoms with Crippen molar-refractivity contribution in [3.05, 3.63) is 40.9 Å². The first-order valence-corrected chi connectivity index (χ1v) is 10.2. The number of aryl methyl sites for hydroxylation is 1. The molecule has 1 saturated carbocycles. The molecule has 2 heterocycles. The van der Waals surface area contributed by atoms with Gasteiger partial charge in [0, 0.05) is 23.7 Å². The van der Waals surface area contributed by atoms with Crippen LogP contribution in [-0.4, -0.2) is 33.0 Å². The summed E-state index contributed by atoms with van der Waals surface area (Å²) in [5.41, 5.74) is 3.21. The van der Waals surface area contributed by atoms with Crippen molar-refractivity contribution in [2.24, 2.45) is 5.92 Å². The quantitative estimate of drug-likeness (QED) is 0.815. The third-order valence-electron chi connectivity index (χ3n) is 5.71. The summed E-state index contributed by atoms with van der Waals surface area (Å²) in [7, 11) is 0. The van der Waals surface area contributed by atoms with E-state index in [-0.39, 0.29) is 6.04 Å². The van der Waals surface area contributed by atoms with E-state index in [0.717, 1.165) is 29.4 Å². The minimum atomic E-state index is -0.687. The van der Waals surface area contributed by atoms with Gasteiger partial charge >= 0.3 is 5.97 Å². The van der Waals surface area contributed by atoms with Gasteiger partial charge in [-0.2, -0.15) is 0 Å². The lowest BCUT2D eigenvalue weighted by atomic mass is 9.85. The van der Waals surface area contributed by atoms with Crippen LogP contribution in [0.15, 0.2) is 29.6 Å². The highest BCUT2D eigenvalue weighted by Crippen LogP contribution is 2.40. The van der Waals surface area contributed by atoms with Crippen molar-refractivity contribution >= 4 is 28.1 Å². The molecule has 0 spiro atoms. The highest BCUT2D eigenvalue weighted by atomic mass is 32.1. The fourth-order valence-corrected chi connectivity index (χ4v) is 5.13. The molecule has 0 radical (unpaired) electrons. The molecule has 3 atom stereocenters. The normalized spacial score (nSPS) is 25.8. The molecule has 4 rings (SSSR count). The Morgan fingerprint density at radius 1 is 1.31 bits per heavy atom. The molecule has 6 heteroatoms. The second kappa shape index (κ2) is 7.37. The van der Waals surface area contributed by atoms with Gasteiger partial charge in [-0.25, -0.2) is 4.98 Å². The van der Waals surface area contributed by atoms with Gasteiger partial charge in [-0.15, -0.1) is 11.3 Å². The Labute approximate surface area is 158 Å². The van der Waals surface area contributed by atoms with Gasteiger partial charge in [-0.3, -0.25) is 9.69 Å². The molecule has 3 unspecified atom stereocenters. The standard InChI is InChI=1S/C20H25N3O2S/c1-13-6-8-15(9-7-13)21-20-22-16(12-26-20)11-23-17-5-3-2-4-14(17)10-18(23)19(24)25/h6-9,12,14,17-18H,2-5,10-11H2,1H3,(H,21,22)(H,24,25). The molecule has 1 aliphatic carbocycles. The van der Waals surface area contributed by atoms with Crippen molar-refractivity contribution in [3.63, 3.8) is 0 Å². The van der Waals surface area contributed by atoms with Crippen LogP contribution >= 0.6 is 11.3 Å². The zero-order chi connectivity index (χ0) is 18.1. The van der Waals surface area contributed by atoms with Gasteiger partial charge in [0.1, 0.15) is 6.04 Å². The molecule has 2 N–H and O–H groups in total. The van der Waals surface area contributed by atoms with Crippen LogP contribution in [0.25, 0.3) is 0 Å². The van der Waals surface area contributed by atoms with Crippen LogP contribution in [0.3, 0.4) is 0 Å². The summed E-state index contributed by atoms with van der Waals surface area (Å²) in [5.74, 6) is -0.152. The van der Waals surface area contributed by atoms with Crippen molar-refractivity contribution in [2.45, 2.75) is 57.7 Å². The maximum Gasteiger partial charge on any atom is 0.320 e. The number of rotatable bonds is 5. The van der Waals surface area contributed by atoms with Crippen molar-refractivity contribution in [1.82, 2.24) is 9.88 Å². The van der Waals surface area contributed by atoms with Gasteiger partial charge in [-0.1, -0.05) is 30.5 Å². The van der Waals surface area contributed by atoms with E-state index in [4.69, 9.17) is 4.98 Å². The summed E-state index contributed by atoms with van der Waals surface area (Å²) in [6, 6.07) is 8.27. The molecule has 1 aliphatic heterocycles. The number of benzene rings is 1. The Balaban J connectivity index is 1.46. The number of fused-ring (bicyclic) bond motifs is 1. The molecule has 2 aromatic rings. The number of carbonyl (C=O) groups is 1. The molecule has 0 amide bonds. The minimum absolute atomic E-state index is 0.363. The number of carboxylic acids is 1. The SMILES string of the molecule is Cc1ccc(Nc2nc(CN3C(C(=O)O)CC4CCCCC43)cs2)cc1. The second-order valence-corrected chi connectivity index (χ2v) is 8.37. The van der Waals surface area contributed by atoms with Crippen LogP contribution in [0, 0.1) is 12.8 Å². The predicted molar refractivity (Wildman–Crippen MR) is 104 cm³/mol. The average molecular weight is 372 g/mol. The van der Waals surface area contributed by atoms with Crippen molar-refractivity contribution in [2.75, 3.05) is 5.32 Å². The largest absolute Gasteiger partial charge is 0.480 e. The van der Waals surface area contributed by atoms with Crippen molar-refractivity contribution in [1.29, 1.82) is 0 Å². The Morgan fingerprint density at radius 3 is 2.85 bits per heavy atom. The van der Waals surface area contributed by atoms with Crippen LogP contribution in [-0.2, 0) is 11.3 Å². The Hall–Kier alpha value is -1.92. The topological polar surface area (TPSA) is 65.5 Å². The van der Waals surface area contributed by atoms with Gasteiger partial charge in [0.25, 0.3) is 0 Å². The summed E-state index contributed by atoms with van der Waals surface area (Å²) < 4.78 is 0. The molecular weight excluding hydrogens is 346 g/mol. The molecule has 138 valence electrons. The number of anilines is 2. The highest BCUT2D eigenvalue weighted by molar-refractivity contribution is 7.13. The molecule has 1 aromatic carbocycles.